The zero-order chi connectivity index (χ0) is 15.3. The lowest BCUT2D eigenvalue weighted by Crippen LogP contribution is -2.25. The molecule has 0 saturated heterocycles. The third kappa shape index (κ3) is 17.8. The normalized spacial score (nSPS) is 15.6. The molecule has 5 heteroatoms. The van der Waals surface area contributed by atoms with Crippen LogP contribution in [-0.4, -0.2) is 62.1 Å². The number of hydrogen-bond donors (Lipinski definition) is 2. The first-order chi connectivity index (χ1) is 8.87. The van der Waals surface area contributed by atoms with Gasteiger partial charge in [-0.3, -0.25) is 0 Å². The number of aliphatic hydroxyl groups is 2. The van der Waals surface area contributed by atoms with Crippen LogP contribution >= 0.6 is 0 Å². The highest BCUT2D eigenvalue weighted by Gasteiger charge is 2.07. The summed E-state index contributed by atoms with van der Waals surface area (Å²) in [6, 6.07) is 0. The first kappa shape index (κ1) is 21.1. The largest absolute Gasteiger partial charge is 0.396 e. The summed E-state index contributed by atoms with van der Waals surface area (Å²) < 4.78 is 15.8. The van der Waals surface area contributed by atoms with Gasteiger partial charge in [0.25, 0.3) is 0 Å². The molecular weight excluding hydrogens is 248 g/mol. The van der Waals surface area contributed by atoms with Gasteiger partial charge in [-0.1, -0.05) is 13.8 Å². The maximum absolute atomic E-state index is 8.72. The molecule has 3 atom stereocenters. The molecule has 0 radical (unpaired) electrons. The van der Waals surface area contributed by atoms with E-state index in [9.17, 15) is 0 Å². The molecule has 5 nitrogen and oxygen atoms in total. The molecular formula is C14H32O5. The molecule has 0 bridgehead atoms. The van der Waals surface area contributed by atoms with E-state index in [4.69, 9.17) is 24.4 Å². The first-order valence-corrected chi connectivity index (χ1v) is 6.84. The third-order valence-electron chi connectivity index (χ3n) is 2.26. The van der Waals surface area contributed by atoms with Gasteiger partial charge in [-0.05, 0) is 26.7 Å². The molecule has 0 aromatic heterocycles. The summed E-state index contributed by atoms with van der Waals surface area (Å²) in [6.45, 7) is 11.1. The second-order valence-electron chi connectivity index (χ2n) is 5.09. The molecule has 0 amide bonds. The molecule has 0 heterocycles. The van der Waals surface area contributed by atoms with E-state index in [1.165, 1.54) is 0 Å². The molecule has 0 aromatic carbocycles. The Kier molecular flexibility index (Phi) is 15.8. The lowest BCUT2D eigenvalue weighted by molar-refractivity contribution is -0.0677. The quantitative estimate of drug-likeness (QED) is 0.669. The van der Waals surface area contributed by atoms with Crippen LogP contribution in [0, 0.1) is 5.92 Å². The molecule has 0 aliphatic rings. The van der Waals surface area contributed by atoms with Crippen molar-refractivity contribution in [2.75, 3.05) is 33.5 Å². The van der Waals surface area contributed by atoms with Gasteiger partial charge in [0.1, 0.15) is 0 Å². The molecule has 0 spiro atoms. The maximum atomic E-state index is 8.72. The molecule has 0 fully saturated rings. The van der Waals surface area contributed by atoms with Crippen molar-refractivity contribution in [2.24, 2.45) is 5.92 Å². The Balaban J connectivity index is 0. The summed E-state index contributed by atoms with van der Waals surface area (Å²) in [5.41, 5.74) is 0. The van der Waals surface area contributed by atoms with Crippen molar-refractivity contribution in [1.82, 2.24) is 0 Å². The van der Waals surface area contributed by atoms with Crippen LogP contribution in [0.15, 0.2) is 0 Å². The monoisotopic (exact) mass is 280 g/mol. The van der Waals surface area contributed by atoms with Crippen LogP contribution in [0.5, 0.6) is 0 Å². The summed E-state index contributed by atoms with van der Waals surface area (Å²) in [4.78, 5) is 0. The Morgan fingerprint density at radius 3 is 1.53 bits per heavy atom. The van der Waals surface area contributed by atoms with E-state index in [0.29, 0.717) is 25.7 Å². The molecule has 3 unspecified atom stereocenters. The second kappa shape index (κ2) is 14.2. The van der Waals surface area contributed by atoms with Crippen LogP contribution < -0.4 is 0 Å². The van der Waals surface area contributed by atoms with Gasteiger partial charge in [0.2, 0.25) is 0 Å². The van der Waals surface area contributed by atoms with Gasteiger partial charge in [0.05, 0.1) is 38.1 Å². The predicted octanol–water partition coefficient (Wildman–Crippen LogP) is 1.46. The fourth-order valence-electron chi connectivity index (χ4n) is 0.768. The number of rotatable bonds is 9. The highest BCUT2D eigenvalue weighted by molar-refractivity contribution is 4.53. The zero-order valence-corrected chi connectivity index (χ0v) is 13.3. The topological polar surface area (TPSA) is 68.2 Å². The Morgan fingerprint density at radius 2 is 1.16 bits per heavy atom. The van der Waals surface area contributed by atoms with Gasteiger partial charge in [-0.2, -0.15) is 0 Å². The van der Waals surface area contributed by atoms with Crippen molar-refractivity contribution in [3.8, 4) is 0 Å². The fraction of sp³-hybridized carbons (Fsp3) is 1.00. The van der Waals surface area contributed by atoms with Crippen LogP contribution in [0.25, 0.3) is 0 Å². The summed E-state index contributed by atoms with van der Waals surface area (Å²) in [7, 11) is 1.66. The summed E-state index contributed by atoms with van der Waals surface area (Å²) in [5, 5.41) is 16.9. The highest BCUT2D eigenvalue weighted by Crippen LogP contribution is 1.98. The van der Waals surface area contributed by atoms with Gasteiger partial charge in [-0.25, -0.2) is 0 Å². The van der Waals surface area contributed by atoms with E-state index < -0.39 is 0 Å². The van der Waals surface area contributed by atoms with Crippen molar-refractivity contribution >= 4 is 0 Å². The first-order valence-electron chi connectivity index (χ1n) is 6.84. The van der Waals surface area contributed by atoms with E-state index in [-0.39, 0.29) is 24.9 Å². The fourth-order valence-corrected chi connectivity index (χ4v) is 0.768. The van der Waals surface area contributed by atoms with Gasteiger partial charge >= 0.3 is 0 Å². The maximum Gasteiger partial charge on any atom is 0.0781 e. The average Bonchev–Trinajstić information content (AvgIpc) is 2.42. The van der Waals surface area contributed by atoms with Crippen molar-refractivity contribution in [3.63, 3.8) is 0 Å². The molecule has 0 aliphatic heterocycles. The Morgan fingerprint density at radius 1 is 0.737 bits per heavy atom. The van der Waals surface area contributed by atoms with Crippen LogP contribution in [0.1, 0.15) is 34.6 Å². The number of ether oxygens (including phenoxy) is 3. The number of methoxy groups -OCH3 is 1. The van der Waals surface area contributed by atoms with E-state index >= 15 is 0 Å². The van der Waals surface area contributed by atoms with Gasteiger partial charge in [0.15, 0.2) is 0 Å². The predicted molar refractivity (Wildman–Crippen MR) is 76.3 cm³/mol. The molecule has 0 aliphatic carbocycles. The average molecular weight is 280 g/mol. The summed E-state index contributed by atoms with van der Waals surface area (Å²) >= 11 is 0. The molecule has 0 rings (SSSR count). The van der Waals surface area contributed by atoms with Crippen LogP contribution in [-0.2, 0) is 14.2 Å². The molecule has 2 N–H and O–H groups in total. The lowest BCUT2D eigenvalue weighted by Gasteiger charge is -2.18. The van der Waals surface area contributed by atoms with Crippen LogP contribution in [0.2, 0.25) is 0 Å². The lowest BCUT2D eigenvalue weighted by atomic mass is 10.2. The van der Waals surface area contributed by atoms with E-state index in [2.05, 4.69) is 0 Å². The molecule has 19 heavy (non-hydrogen) atoms. The summed E-state index contributed by atoms with van der Waals surface area (Å²) in [5.74, 6) is 0.440. The minimum Gasteiger partial charge on any atom is -0.396 e. The van der Waals surface area contributed by atoms with Crippen molar-refractivity contribution in [2.45, 2.75) is 52.9 Å². The van der Waals surface area contributed by atoms with Gasteiger partial charge in [0, 0.05) is 13.7 Å². The minimum atomic E-state index is -0.124. The minimum absolute atomic E-state index is 0.0293. The standard InChI is InChI=1S/C10H22O4.C4H10O/c1-8(5-11)13-7-10(3)14-6-9(2)12-4;1-4(2)3-5/h8-11H,5-7H2,1-4H3;4-5H,3H2,1-2H3. The Labute approximate surface area is 117 Å². The van der Waals surface area contributed by atoms with E-state index in [1.807, 2.05) is 34.6 Å². The smallest absolute Gasteiger partial charge is 0.0781 e. The van der Waals surface area contributed by atoms with Gasteiger partial charge < -0.3 is 24.4 Å². The van der Waals surface area contributed by atoms with Crippen molar-refractivity contribution < 1.29 is 24.4 Å². The van der Waals surface area contributed by atoms with E-state index in [1.54, 1.807) is 7.11 Å². The van der Waals surface area contributed by atoms with E-state index in [0.717, 1.165) is 0 Å². The van der Waals surface area contributed by atoms with Crippen molar-refractivity contribution in [3.05, 3.63) is 0 Å². The van der Waals surface area contributed by atoms with Crippen LogP contribution in [0.4, 0.5) is 0 Å². The van der Waals surface area contributed by atoms with Crippen molar-refractivity contribution in [1.29, 1.82) is 0 Å². The SMILES string of the molecule is CC(C)CO.COC(C)COC(C)COC(C)CO. The summed E-state index contributed by atoms with van der Waals surface area (Å²) in [6.07, 6.45) is 0.00946. The number of aliphatic hydroxyl groups excluding tert-OH is 2. The Hall–Kier alpha value is -0.200. The third-order valence-corrected chi connectivity index (χ3v) is 2.26. The van der Waals surface area contributed by atoms with Crippen LogP contribution in [0.3, 0.4) is 0 Å². The highest BCUT2D eigenvalue weighted by atomic mass is 16.6. The second-order valence-corrected chi connectivity index (χ2v) is 5.09. The molecule has 0 saturated carbocycles. The molecule has 0 aromatic rings. The zero-order valence-electron chi connectivity index (χ0n) is 13.3. The van der Waals surface area contributed by atoms with Gasteiger partial charge in [-0.15, -0.1) is 0 Å². The molecule has 118 valence electrons. The Bertz CT molecular complexity index is 161. The number of hydrogen-bond acceptors (Lipinski definition) is 5.